The average molecular weight is 407 g/mol. The fraction of sp³-hybridized carbons (Fsp3) is 0. The Balaban J connectivity index is 1.96. The van der Waals surface area contributed by atoms with Crippen LogP contribution in [0.2, 0.25) is 0 Å². The third kappa shape index (κ3) is 4.28. The molecule has 1 amide bonds. The van der Waals surface area contributed by atoms with Crippen molar-refractivity contribution in [2.45, 2.75) is 0 Å². The molecule has 10 nitrogen and oxygen atoms in total. The minimum absolute atomic E-state index is 0.0630. The van der Waals surface area contributed by atoms with Crippen LogP contribution in [0, 0.1) is 10.1 Å². The van der Waals surface area contributed by atoms with E-state index < -0.39 is 22.8 Å². The number of carboxylic acid groups (broad SMARTS) is 2. The van der Waals surface area contributed by atoms with E-state index in [1.54, 1.807) is 12.1 Å². The van der Waals surface area contributed by atoms with Crippen molar-refractivity contribution in [2.24, 2.45) is 0 Å². The number of aromatic carboxylic acids is 2. The number of carboxylic acids is 2. The maximum Gasteiger partial charge on any atom is 0.335 e. The Bertz CT molecular complexity index is 1140. The van der Waals surface area contributed by atoms with Crippen molar-refractivity contribution in [3.8, 4) is 11.1 Å². The summed E-state index contributed by atoms with van der Waals surface area (Å²) in [6.45, 7) is 0. The Morgan fingerprint density at radius 1 is 0.933 bits per heavy atom. The number of amides is 1. The van der Waals surface area contributed by atoms with Crippen LogP contribution in [0.3, 0.4) is 0 Å². The first-order chi connectivity index (χ1) is 14.3. The third-order valence-corrected chi connectivity index (χ3v) is 4.11. The highest BCUT2D eigenvalue weighted by Crippen LogP contribution is 2.30. The molecule has 10 heteroatoms. The molecule has 0 bridgehead atoms. The molecule has 0 saturated heterocycles. The van der Waals surface area contributed by atoms with Gasteiger partial charge in [0, 0.05) is 35.3 Å². The van der Waals surface area contributed by atoms with Gasteiger partial charge in [0.1, 0.15) is 0 Å². The van der Waals surface area contributed by atoms with E-state index in [9.17, 15) is 24.5 Å². The summed E-state index contributed by atoms with van der Waals surface area (Å²) in [5, 5.41) is 32.1. The van der Waals surface area contributed by atoms with Gasteiger partial charge in [-0.05, 0) is 36.4 Å². The van der Waals surface area contributed by atoms with E-state index in [2.05, 4.69) is 10.3 Å². The first-order valence-electron chi connectivity index (χ1n) is 8.38. The van der Waals surface area contributed by atoms with Crippen LogP contribution in [-0.2, 0) is 0 Å². The molecule has 0 atom stereocenters. The summed E-state index contributed by atoms with van der Waals surface area (Å²) in [6.07, 6.45) is 2.97. The standard InChI is InChI=1S/C20H13N3O7/c24-18(22-15-7-13(19(25)26)6-14(8-15)20(27)28)11-3-4-16(17(9-11)23(29)30)12-2-1-5-21-10-12/h1-10H,(H,22,24)(H,25,26)(H,27,28). The van der Waals surface area contributed by atoms with Crippen molar-refractivity contribution in [3.05, 3.63) is 87.7 Å². The van der Waals surface area contributed by atoms with Crippen LogP contribution in [0.15, 0.2) is 60.9 Å². The second kappa shape index (κ2) is 8.19. The fourth-order valence-corrected chi connectivity index (χ4v) is 2.74. The molecular formula is C20H13N3O7. The Hall–Kier alpha value is -4.60. The molecule has 3 aromatic rings. The van der Waals surface area contributed by atoms with Crippen molar-refractivity contribution in [3.63, 3.8) is 0 Å². The van der Waals surface area contributed by atoms with E-state index in [1.165, 1.54) is 24.5 Å². The Morgan fingerprint density at radius 2 is 1.60 bits per heavy atom. The number of benzene rings is 2. The predicted molar refractivity (Wildman–Crippen MR) is 105 cm³/mol. The van der Waals surface area contributed by atoms with E-state index in [1.807, 2.05) is 0 Å². The second-order valence-electron chi connectivity index (χ2n) is 6.09. The third-order valence-electron chi connectivity index (χ3n) is 4.11. The Morgan fingerprint density at radius 3 is 2.13 bits per heavy atom. The quantitative estimate of drug-likeness (QED) is 0.414. The Labute approximate surface area is 168 Å². The van der Waals surface area contributed by atoms with Gasteiger partial charge in [-0.2, -0.15) is 0 Å². The number of nitro benzene ring substituents is 1. The lowest BCUT2D eigenvalue weighted by molar-refractivity contribution is -0.384. The lowest BCUT2D eigenvalue weighted by Gasteiger charge is -2.09. The van der Waals surface area contributed by atoms with Gasteiger partial charge in [-0.15, -0.1) is 0 Å². The SMILES string of the molecule is O=C(O)c1cc(NC(=O)c2ccc(-c3cccnc3)c([N+](=O)[O-])c2)cc(C(=O)O)c1. The van der Waals surface area contributed by atoms with Crippen molar-refractivity contribution in [1.82, 2.24) is 4.98 Å². The van der Waals surface area contributed by atoms with Crippen molar-refractivity contribution >= 4 is 29.2 Å². The van der Waals surface area contributed by atoms with Gasteiger partial charge < -0.3 is 15.5 Å². The summed E-state index contributed by atoms with van der Waals surface area (Å²) >= 11 is 0. The highest BCUT2D eigenvalue weighted by atomic mass is 16.6. The van der Waals surface area contributed by atoms with Gasteiger partial charge in [0.25, 0.3) is 11.6 Å². The molecule has 0 aliphatic carbocycles. The number of nitro groups is 1. The number of carbonyl (C=O) groups is 3. The molecule has 0 aliphatic rings. The molecule has 0 unspecified atom stereocenters. The van der Waals surface area contributed by atoms with Crippen LogP contribution < -0.4 is 5.32 Å². The molecule has 150 valence electrons. The van der Waals surface area contributed by atoms with E-state index in [0.717, 1.165) is 24.3 Å². The minimum Gasteiger partial charge on any atom is -0.478 e. The number of hydrogen-bond acceptors (Lipinski definition) is 6. The maximum absolute atomic E-state index is 12.6. The largest absolute Gasteiger partial charge is 0.478 e. The zero-order valence-corrected chi connectivity index (χ0v) is 15.1. The maximum atomic E-state index is 12.6. The summed E-state index contributed by atoms with van der Waals surface area (Å²) in [7, 11) is 0. The van der Waals surface area contributed by atoms with E-state index in [0.29, 0.717) is 5.56 Å². The average Bonchev–Trinajstić information content (AvgIpc) is 2.73. The van der Waals surface area contributed by atoms with Crippen LogP contribution in [0.5, 0.6) is 0 Å². The van der Waals surface area contributed by atoms with Gasteiger partial charge in [-0.1, -0.05) is 6.07 Å². The van der Waals surface area contributed by atoms with Crippen LogP contribution in [0.25, 0.3) is 11.1 Å². The summed E-state index contributed by atoms with van der Waals surface area (Å²) in [4.78, 5) is 49.7. The van der Waals surface area contributed by atoms with Crippen LogP contribution in [0.4, 0.5) is 11.4 Å². The smallest absolute Gasteiger partial charge is 0.335 e. The highest BCUT2D eigenvalue weighted by molar-refractivity contribution is 6.06. The minimum atomic E-state index is -1.37. The van der Waals surface area contributed by atoms with E-state index in [4.69, 9.17) is 10.2 Å². The lowest BCUT2D eigenvalue weighted by Crippen LogP contribution is -2.14. The summed E-state index contributed by atoms with van der Waals surface area (Å²) in [5.41, 5.74) is -0.349. The fourth-order valence-electron chi connectivity index (χ4n) is 2.74. The van der Waals surface area contributed by atoms with Crippen molar-refractivity contribution < 1.29 is 29.5 Å². The van der Waals surface area contributed by atoms with E-state index >= 15 is 0 Å². The monoisotopic (exact) mass is 407 g/mol. The number of nitrogens with one attached hydrogen (secondary N) is 1. The summed E-state index contributed by atoms with van der Waals surface area (Å²) < 4.78 is 0. The van der Waals surface area contributed by atoms with Gasteiger partial charge in [0.2, 0.25) is 0 Å². The number of pyridine rings is 1. The van der Waals surface area contributed by atoms with Gasteiger partial charge in [-0.3, -0.25) is 19.9 Å². The number of carbonyl (C=O) groups excluding carboxylic acids is 1. The van der Waals surface area contributed by atoms with E-state index in [-0.39, 0.29) is 33.6 Å². The number of anilines is 1. The molecule has 0 aliphatic heterocycles. The Kier molecular flexibility index (Phi) is 5.50. The summed E-state index contributed by atoms with van der Waals surface area (Å²) in [5.74, 6) is -3.51. The van der Waals surface area contributed by atoms with Gasteiger partial charge in [0.05, 0.1) is 21.6 Å². The van der Waals surface area contributed by atoms with Gasteiger partial charge in [-0.25, -0.2) is 9.59 Å². The number of rotatable bonds is 6. The normalized spacial score (nSPS) is 10.3. The number of hydrogen-bond donors (Lipinski definition) is 3. The molecule has 30 heavy (non-hydrogen) atoms. The molecule has 3 N–H and O–H groups in total. The zero-order chi connectivity index (χ0) is 21.8. The van der Waals surface area contributed by atoms with Crippen molar-refractivity contribution in [1.29, 1.82) is 0 Å². The van der Waals surface area contributed by atoms with Crippen LogP contribution in [-0.4, -0.2) is 38.0 Å². The first-order valence-corrected chi connectivity index (χ1v) is 8.38. The topological polar surface area (TPSA) is 160 Å². The molecule has 1 heterocycles. The predicted octanol–water partition coefficient (Wildman–Crippen LogP) is 3.31. The lowest BCUT2D eigenvalue weighted by atomic mass is 10.0. The number of aromatic nitrogens is 1. The highest BCUT2D eigenvalue weighted by Gasteiger charge is 2.20. The van der Waals surface area contributed by atoms with Crippen LogP contribution in [0.1, 0.15) is 31.1 Å². The van der Waals surface area contributed by atoms with Crippen molar-refractivity contribution in [2.75, 3.05) is 5.32 Å². The van der Waals surface area contributed by atoms with Crippen LogP contribution >= 0.6 is 0 Å². The van der Waals surface area contributed by atoms with Gasteiger partial charge >= 0.3 is 11.9 Å². The molecule has 1 aromatic heterocycles. The molecule has 2 aromatic carbocycles. The molecule has 3 rings (SSSR count). The number of nitrogens with zero attached hydrogens (tertiary/aromatic N) is 2. The zero-order valence-electron chi connectivity index (χ0n) is 15.1. The molecule has 0 radical (unpaired) electrons. The molecule has 0 spiro atoms. The molecule has 0 fully saturated rings. The van der Waals surface area contributed by atoms with Gasteiger partial charge in [0.15, 0.2) is 0 Å². The molecular weight excluding hydrogens is 394 g/mol. The first kappa shape index (κ1) is 20.1. The summed E-state index contributed by atoms with van der Waals surface area (Å²) in [6, 6.07) is 10.2. The molecule has 0 saturated carbocycles. The second-order valence-corrected chi connectivity index (χ2v) is 6.09.